The standard InChI is InChI=1S/C11H15NO3/c1-12(2)9-5-3-8(4-6-9)7-10(13)11(14)15/h3-6,10,13H,7H2,1-2H3,(H,14,15). The number of aliphatic carboxylic acids is 1. The molecule has 0 aliphatic rings. The van der Waals surface area contributed by atoms with Crippen LogP contribution in [0.5, 0.6) is 0 Å². The number of hydrogen-bond acceptors (Lipinski definition) is 3. The van der Waals surface area contributed by atoms with E-state index in [2.05, 4.69) is 0 Å². The molecule has 1 rings (SSSR count). The Kier molecular flexibility index (Phi) is 3.68. The summed E-state index contributed by atoms with van der Waals surface area (Å²) in [5.74, 6) is -1.19. The smallest absolute Gasteiger partial charge is 0.332 e. The molecule has 15 heavy (non-hydrogen) atoms. The van der Waals surface area contributed by atoms with Crippen LogP contribution in [0.25, 0.3) is 0 Å². The summed E-state index contributed by atoms with van der Waals surface area (Å²) in [6.45, 7) is 0. The van der Waals surface area contributed by atoms with Gasteiger partial charge in [0.25, 0.3) is 0 Å². The molecular weight excluding hydrogens is 194 g/mol. The van der Waals surface area contributed by atoms with Gasteiger partial charge < -0.3 is 15.1 Å². The summed E-state index contributed by atoms with van der Waals surface area (Å²) in [6, 6.07) is 7.43. The first-order valence-corrected chi connectivity index (χ1v) is 4.68. The molecule has 82 valence electrons. The first-order valence-electron chi connectivity index (χ1n) is 4.68. The molecule has 0 aromatic heterocycles. The van der Waals surface area contributed by atoms with Gasteiger partial charge in [0.15, 0.2) is 6.10 Å². The fourth-order valence-electron chi connectivity index (χ4n) is 1.24. The van der Waals surface area contributed by atoms with E-state index in [9.17, 15) is 4.79 Å². The van der Waals surface area contributed by atoms with E-state index < -0.39 is 12.1 Å². The number of carboxylic acids is 1. The highest BCUT2D eigenvalue weighted by Gasteiger charge is 2.13. The zero-order valence-electron chi connectivity index (χ0n) is 8.84. The molecule has 0 radical (unpaired) electrons. The molecule has 0 amide bonds. The van der Waals surface area contributed by atoms with Crippen LogP contribution < -0.4 is 4.90 Å². The van der Waals surface area contributed by atoms with E-state index in [1.165, 1.54) is 0 Å². The van der Waals surface area contributed by atoms with Gasteiger partial charge in [-0.1, -0.05) is 12.1 Å². The number of aliphatic hydroxyl groups excluding tert-OH is 1. The molecule has 0 saturated heterocycles. The molecule has 0 aliphatic heterocycles. The molecular formula is C11H15NO3. The fraction of sp³-hybridized carbons (Fsp3) is 0.364. The zero-order valence-corrected chi connectivity index (χ0v) is 8.84. The predicted octanol–water partition coefficient (Wildman–Crippen LogP) is 0.741. The second-order valence-electron chi connectivity index (χ2n) is 3.62. The number of nitrogens with zero attached hydrogens (tertiary/aromatic N) is 1. The summed E-state index contributed by atoms with van der Waals surface area (Å²) < 4.78 is 0. The maximum atomic E-state index is 10.4. The molecule has 1 unspecified atom stereocenters. The van der Waals surface area contributed by atoms with Crippen LogP contribution in [-0.4, -0.2) is 36.4 Å². The predicted molar refractivity (Wildman–Crippen MR) is 58.1 cm³/mol. The van der Waals surface area contributed by atoms with E-state index in [4.69, 9.17) is 10.2 Å². The average molecular weight is 209 g/mol. The van der Waals surface area contributed by atoms with Gasteiger partial charge in [-0.05, 0) is 17.7 Å². The van der Waals surface area contributed by atoms with Gasteiger partial charge in [0, 0.05) is 26.2 Å². The van der Waals surface area contributed by atoms with Gasteiger partial charge in [-0.25, -0.2) is 4.79 Å². The summed E-state index contributed by atoms with van der Waals surface area (Å²) in [4.78, 5) is 12.4. The van der Waals surface area contributed by atoms with Gasteiger partial charge in [-0.15, -0.1) is 0 Å². The first kappa shape index (κ1) is 11.5. The van der Waals surface area contributed by atoms with Gasteiger partial charge in [-0.3, -0.25) is 0 Å². The van der Waals surface area contributed by atoms with Crippen molar-refractivity contribution in [3.05, 3.63) is 29.8 Å². The van der Waals surface area contributed by atoms with E-state index >= 15 is 0 Å². The summed E-state index contributed by atoms with van der Waals surface area (Å²) in [6.07, 6.45) is -1.18. The van der Waals surface area contributed by atoms with Crippen LogP contribution in [0.1, 0.15) is 5.56 Å². The van der Waals surface area contributed by atoms with Crippen molar-refractivity contribution in [2.45, 2.75) is 12.5 Å². The number of carboxylic acid groups (broad SMARTS) is 1. The Bertz CT molecular complexity index is 332. The van der Waals surface area contributed by atoms with Crippen molar-refractivity contribution in [3.63, 3.8) is 0 Å². The average Bonchev–Trinajstić information content (AvgIpc) is 2.18. The minimum absolute atomic E-state index is 0.142. The maximum absolute atomic E-state index is 10.4. The van der Waals surface area contributed by atoms with Crippen molar-refractivity contribution in [3.8, 4) is 0 Å². The van der Waals surface area contributed by atoms with E-state index in [0.717, 1.165) is 11.3 Å². The van der Waals surface area contributed by atoms with Gasteiger partial charge in [0.1, 0.15) is 0 Å². The third-order valence-electron chi connectivity index (χ3n) is 2.17. The lowest BCUT2D eigenvalue weighted by Gasteiger charge is -2.13. The molecule has 0 heterocycles. The third kappa shape index (κ3) is 3.25. The van der Waals surface area contributed by atoms with Crippen molar-refractivity contribution >= 4 is 11.7 Å². The van der Waals surface area contributed by atoms with Crippen LogP contribution in [-0.2, 0) is 11.2 Å². The van der Waals surface area contributed by atoms with Crippen molar-refractivity contribution < 1.29 is 15.0 Å². The summed E-state index contributed by atoms with van der Waals surface area (Å²) >= 11 is 0. The van der Waals surface area contributed by atoms with Crippen LogP contribution >= 0.6 is 0 Å². The minimum Gasteiger partial charge on any atom is -0.479 e. The molecule has 0 bridgehead atoms. The van der Waals surface area contributed by atoms with Crippen LogP contribution in [0.15, 0.2) is 24.3 Å². The third-order valence-corrected chi connectivity index (χ3v) is 2.17. The van der Waals surface area contributed by atoms with Gasteiger partial charge >= 0.3 is 5.97 Å². The molecule has 0 saturated carbocycles. The monoisotopic (exact) mass is 209 g/mol. The quantitative estimate of drug-likeness (QED) is 0.767. The number of benzene rings is 1. The lowest BCUT2D eigenvalue weighted by atomic mass is 10.1. The molecule has 4 nitrogen and oxygen atoms in total. The lowest BCUT2D eigenvalue weighted by molar-refractivity contribution is -0.146. The summed E-state index contributed by atoms with van der Waals surface area (Å²) in [5.41, 5.74) is 1.86. The van der Waals surface area contributed by atoms with Crippen molar-refractivity contribution in [2.75, 3.05) is 19.0 Å². The molecule has 1 atom stereocenters. The topological polar surface area (TPSA) is 60.8 Å². The number of hydrogen-bond donors (Lipinski definition) is 2. The summed E-state index contributed by atoms with van der Waals surface area (Å²) in [7, 11) is 3.86. The van der Waals surface area contributed by atoms with E-state index in [-0.39, 0.29) is 6.42 Å². The van der Waals surface area contributed by atoms with Gasteiger partial charge in [-0.2, -0.15) is 0 Å². The van der Waals surface area contributed by atoms with Crippen molar-refractivity contribution in [1.29, 1.82) is 0 Å². The largest absolute Gasteiger partial charge is 0.479 e. The zero-order chi connectivity index (χ0) is 11.4. The Hall–Kier alpha value is -1.55. The molecule has 0 aliphatic carbocycles. The van der Waals surface area contributed by atoms with Crippen LogP contribution in [0, 0.1) is 0 Å². The lowest BCUT2D eigenvalue weighted by Crippen LogP contribution is -2.21. The van der Waals surface area contributed by atoms with E-state index in [0.29, 0.717) is 0 Å². The number of carbonyl (C=O) groups is 1. The SMILES string of the molecule is CN(C)c1ccc(CC(O)C(=O)O)cc1. The number of anilines is 1. The van der Waals surface area contributed by atoms with E-state index in [1.807, 2.05) is 43.3 Å². The number of aliphatic hydroxyl groups is 1. The molecule has 1 aromatic rings. The van der Waals surface area contributed by atoms with Gasteiger partial charge in [0.2, 0.25) is 0 Å². The molecule has 0 fully saturated rings. The Morgan fingerprint density at radius 3 is 2.27 bits per heavy atom. The molecule has 1 aromatic carbocycles. The van der Waals surface area contributed by atoms with Gasteiger partial charge in [0.05, 0.1) is 0 Å². The molecule has 0 spiro atoms. The number of rotatable bonds is 4. The highest BCUT2D eigenvalue weighted by atomic mass is 16.4. The normalized spacial score (nSPS) is 12.2. The molecule has 4 heteroatoms. The Morgan fingerprint density at radius 1 is 1.33 bits per heavy atom. The fourth-order valence-corrected chi connectivity index (χ4v) is 1.24. The second kappa shape index (κ2) is 4.79. The van der Waals surface area contributed by atoms with Crippen LogP contribution in [0.2, 0.25) is 0 Å². The Labute approximate surface area is 88.8 Å². The summed E-state index contributed by atoms with van der Waals surface area (Å²) in [5, 5.41) is 17.7. The second-order valence-corrected chi connectivity index (χ2v) is 3.62. The van der Waals surface area contributed by atoms with Crippen molar-refractivity contribution in [1.82, 2.24) is 0 Å². The Balaban J connectivity index is 2.68. The molecule has 2 N–H and O–H groups in total. The van der Waals surface area contributed by atoms with E-state index in [1.54, 1.807) is 0 Å². The highest BCUT2D eigenvalue weighted by molar-refractivity contribution is 5.72. The van der Waals surface area contributed by atoms with Crippen LogP contribution in [0.3, 0.4) is 0 Å². The first-order chi connectivity index (χ1) is 7.00. The Morgan fingerprint density at radius 2 is 1.87 bits per heavy atom. The highest BCUT2D eigenvalue weighted by Crippen LogP contribution is 2.13. The minimum atomic E-state index is -1.32. The van der Waals surface area contributed by atoms with Crippen LogP contribution in [0.4, 0.5) is 5.69 Å². The van der Waals surface area contributed by atoms with Crippen molar-refractivity contribution in [2.24, 2.45) is 0 Å². The maximum Gasteiger partial charge on any atom is 0.332 e.